The summed E-state index contributed by atoms with van der Waals surface area (Å²) in [6.07, 6.45) is 3.46. The van der Waals surface area contributed by atoms with E-state index in [2.05, 4.69) is 0 Å². The summed E-state index contributed by atoms with van der Waals surface area (Å²) in [6.45, 7) is 4.62. The van der Waals surface area contributed by atoms with Crippen LogP contribution in [0.25, 0.3) is 0 Å². The topological polar surface area (TPSA) is 69.6 Å². The standard InChI is InChI=1S/C18H29N5O2/c1-6-17(25)23-10-8-7-9-15(23)18-19-14(12-22(5)13(2)24)11-16(20-18)21(3)4/h11,15H,6-10,12H2,1-5H3/t15-/m1/s1. The van der Waals surface area contributed by atoms with Crippen molar-refractivity contribution in [3.8, 4) is 0 Å². The van der Waals surface area contributed by atoms with Crippen LogP contribution in [0.5, 0.6) is 0 Å². The van der Waals surface area contributed by atoms with Gasteiger partial charge in [-0.1, -0.05) is 6.92 Å². The van der Waals surface area contributed by atoms with Gasteiger partial charge in [-0.3, -0.25) is 9.59 Å². The summed E-state index contributed by atoms with van der Waals surface area (Å²) in [5.74, 6) is 1.61. The van der Waals surface area contributed by atoms with Crippen LogP contribution in [-0.4, -0.2) is 59.3 Å². The lowest BCUT2D eigenvalue weighted by Gasteiger charge is -2.35. The summed E-state index contributed by atoms with van der Waals surface area (Å²) in [5.41, 5.74) is 0.792. The highest BCUT2D eigenvalue weighted by Gasteiger charge is 2.30. The molecule has 0 aliphatic carbocycles. The molecule has 2 heterocycles. The molecule has 0 unspecified atom stereocenters. The zero-order valence-electron chi connectivity index (χ0n) is 15.9. The predicted octanol–water partition coefficient (Wildman–Crippen LogP) is 1.98. The minimum atomic E-state index is -0.0810. The lowest BCUT2D eigenvalue weighted by Crippen LogP contribution is -2.39. The van der Waals surface area contributed by atoms with Gasteiger partial charge in [-0.05, 0) is 19.3 Å². The van der Waals surface area contributed by atoms with Crippen molar-refractivity contribution in [3.63, 3.8) is 0 Å². The summed E-state index contributed by atoms with van der Waals surface area (Å²) in [7, 11) is 5.62. The van der Waals surface area contributed by atoms with Gasteiger partial charge >= 0.3 is 0 Å². The van der Waals surface area contributed by atoms with Gasteiger partial charge in [0.2, 0.25) is 11.8 Å². The Balaban J connectivity index is 2.38. The number of aromatic nitrogens is 2. The number of carbonyl (C=O) groups is 2. The summed E-state index contributed by atoms with van der Waals surface area (Å²) in [6, 6.07) is 1.82. The molecule has 2 rings (SSSR count). The zero-order chi connectivity index (χ0) is 18.6. The van der Waals surface area contributed by atoms with Crippen molar-refractivity contribution in [1.82, 2.24) is 19.8 Å². The quantitative estimate of drug-likeness (QED) is 0.815. The van der Waals surface area contributed by atoms with Crippen molar-refractivity contribution in [2.75, 3.05) is 32.6 Å². The molecule has 0 N–H and O–H groups in total. The van der Waals surface area contributed by atoms with E-state index in [-0.39, 0.29) is 17.9 Å². The van der Waals surface area contributed by atoms with Crippen molar-refractivity contribution in [3.05, 3.63) is 17.6 Å². The first-order valence-corrected chi connectivity index (χ1v) is 8.89. The molecule has 1 aliphatic rings. The Morgan fingerprint density at radius 2 is 1.96 bits per heavy atom. The monoisotopic (exact) mass is 347 g/mol. The fourth-order valence-electron chi connectivity index (χ4n) is 3.02. The Morgan fingerprint density at radius 1 is 1.24 bits per heavy atom. The number of likely N-dealkylation sites (tertiary alicyclic amines) is 1. The summed E-state index contributed by atoms with van der Waals surface area (Å²) >= 11 is 0. The smallest absolute Gasteiger partial charge is 0.222 e. The lowest BCUT2D eigenvalue weighted by atomic mass is 10.0. The number of carbonyl (C=O) groups excluding carboxylic acids is 2. The first-order chi connectivity index (χ1) is 11.8. The van der Waals surface area contributed by atoms with E-state index in [0.29, 0.717) is 18.8 Å². The first kappa shape index (κ1) is 19.1. The fraction of sp³-hybridized carbons (Fsp3) is 0.667. The second-order valence-corrected chi connectivity index (χ2v) is 6.80. The molecule has 0 radical (unpaired) electrons. The van der Waals surface area contributed by atoms with Crippen LogP contribution in [0.1, 0.15) is 57.1 Å². The number of rotatable bonds is 5. The van der Waals surface area contributed by atoms with Gasteiger partial charge in [-0.15, -0.1) is 0 Å². The highest BCUT2D eigenvalue weighted by molar-refractivity contribution is 5.76. The van der Waals surface area contributed by atoms with E-state index < -0.39 is 0 Å². The number of anilines is 1. The van der Waals surface area contributed by atoms with Crippen LogP contribution in [0.3, 0.4) is 0 Å². The van der Waals surface area contributed by atoms with Crippen molar-refractivity contribution in [2.45, 2.75) is 52.1 Å². The van der Waals surface area contributed by atoms with Crippen molar-refractivity contribution in [1.29, 1.82) is 0 Å². The minimum absolute atomic E-state index is 0.00739. The Morgan fingerprint density at radius 3 is 2.56 bits per heavy atom. The highest BCUT2D eigenvalue weighted by atomic mass is 16.2. The molecule has 1 aliphatic heterocycles. The second kappa shape index (κ2) is 8.27. The van der Waals surface area contributed by atoms with Gasteiger partial charge in [-0.2, -0.15) is 0 Å². The average molecular weight is 347 g/mol. The molecule has 7 nitrogen and oxygen atoms in total. The van der Waals surface area contributed by atoms with Crippen LogP contribution in [0.2, 0.25) is 0 Å². The first-order valence-electron chi connectivity index (χ1n) is 8.89. The van der Waals surface area contributed by atoms with Gasteiger partial charge in [-0.25, -0.2) is 9.97 Å². The summed E-state index contributed by atoms with van der Waals surface area (Å²) in [5, 5.41) is 0. The SMILES string of the molecule is CCC(=O)N1CCCC[C@@H]1c1nc(CN(C)C(C)=O)cc(N(C)C)n1. The summed E-state index contributed by atoms with van der Waals surface area (Å²) in [4.78, 5) is 38.7. The maximum atomic E-state index is 12.3. The van der Waals surface area contributed by atoms with Crippen LogP contribution in [0, 0.1) is 0 Å². The molecule has 1 saturated heterocycles. The molecule has 0 saturated carbocycles. The van der Waals surface area contributed by atoms with Crippen LogP contribution in [-0.2, 0) is 16.1 Å². The minimum Gasteiger partial charge on any atom is -0.363 e. The third-order valence-electron chi connectivity index (χ3n) is 4.60. The number of hydrogen-bond acceptors (Lipinski definition) is 5. The highest BCUT2D eigenvalue weighted by Crippen LogP contribution is 2.30. The maximum Gasteiger partial charge on any atom is 0.222 e. The molecule has 0 spiro atoms. The second-order valence-electron chi connectivity index (χ2n) is 6.80. The van der Waals surface area contributed by atoms with Gasteiger partial charge in [0.15, 0.2) is 5.82 Å². The van der Waals surface area contributed by atoms with Gasteiger partial charge in [0.1, 0.15) is 5.82 Å². The Hall–Kier alpha value is -2.18. The van der Waals surface area contributed by atoms with E-state index in [4.69, 9.17) is 9.97 Å². The Labute approximate surface area is 150 Å². The van der Waals surface area contributed by atoms with Gasteiger partial charge in [0, 0.05) is 47.1 Å². The van der Waals surface area contributed by atoms with E-state index in [0.717, 1.165) is 37.3 Å². The van der Waals surface area contributed by atoms with Crippen molar-refractivity contribution < 1.29 is 9.59 Å². The third kappa shape index (κ3) is 4.67. The molecule has 1 aromatic heterocycles. The van der Waals surface area contributed by atoms with Crippen molar-refractivity contribution >= 4 is 17.6 Å². The van der Waals surface area contributed by atoms with E-state index in [9.17, 15) is 9.59 Å². The largest absolute Gasteiger partial charge is 0.363 e. The molecular formula is C18H29N5O2. The molecule has 138 valence electrons. The van der Waals surface area contributed by atoms with Gasteiger partial charge in [0.05, 0.1) is 18.3 Å². The molecule has 0 bridgehead atoms. The van der Waals surface area contributed by atoms with E-state index in [1.54, 1.807) is 11.9 Å². The predicted molar refractivity (Wildman–Crippen MR) is 97.1 cm³/mol. The molecule has 25 heavy (non-hydrogen) atoms. The normalized spacial score (nSPS) is 17.3. The van der Waals surface area contributed by atoms with Crippen molar-refractivity contribution in [2.24, 2.45) is 0 Å². The van der Waals surface area contributed by atoms with Crippen LogP contribution in [0.4, 0.5) is 5.82 Å². The molecule has 1 aromatic rings. The van der Waals surface area contributed by atoms with Gasteiger partial charge < -0.3 is 14.7 Å². The fourth-order valence-corrected chi connectivity index (χ4v) is 3.02. The van der Waals surface area contributed by atoms with Crippen LogP contribution < -0.4 is 4.90 Å². The number of nitrogens with zero attached hydrogens (tertiary/aromatic N) is 5. The number of hydrogen-bond donors (Lipinski definition) is 0. The van der Waals surface area contributed by atoms with E-state index >= 15 is 0 Å². The molecule has 1 atom stereocenters. The third-order valence-corrected chi connectivity index (χ3v) is 4.60. The Kier molecular flexibility index (Phi) is 6.33. The zero-order valence-corrected chi connectivity index (χ0v) is 15.9. The van der Waals surface area contributed by atoms with E-state index in [1.165, 1.54) is 6.92 Å². The molecule has 1 fully saturated rings. The van der Waals surface area contributed by atoms with E-state index in [1.807, 2.05) is 36.9 Å². The lowest BCUT2D eigenvalue weighted by molar-refractivity contribution is -0.135. The average Bonchev–Trinajstić information content (AvgIpc) is 2.60. The van der Waals surface area contributed by atoms with Gasteiger partial charge in [0.25, 0.3) is 0 Å². The molecule has 0 aromatic carbocycles. The molecule has 7 heteroatoms. The molecule has 2 amide bonds. The number of piperidine rings is 1. The maximum absolute atomic E-state index is 12.3. The van der Waals surface area contributed by atoms with Crippen LogP contribution in [0.15, 0.2) is 6.07 Å². The molecular weight excluding hydrogens is 318 g/mol. The summed E-state index contributed by atoms with van der Waals surface area (Å²) < 4.78 is 0. The Bertz CT molecular complexity index is 632. The van der Waals surface area contributed by atoms with Crippen LogP contribution >= 0.6 is 0 Å². The number of amides is 2.